The van der Waals surface area contributed by atoms with E-state index in [1.165, 1.54) is 0 Å². The van der Waals surface area contributed by atoms with E-state index < -0.39 is 11.4 Å². The molecule has 0 aliphatic carbocycles. The van der Waals surface area contributed by atoms with Crippen LogP contribution in [0.2, 0.25) is 0 Å². The molecule has 2 saturated heterocycles. The Morgan fingerprint density at radius 2 is 2.15 bits per heavy atom. The Kier molecular flexibility index (Phi) is 3.28. The Bertz CT molecular complexity index is 195. The maximum atomic E-state index is 10.7. The molecule has 0 aromatic rings. The zero-order valence-corrected chi connectivity index (χ0v) is 8.12. The van der Waals surface area contributed by atoms with E-state index in [1.54, 1.807) is 0 Å². The summed E-state index contributed by atoms with van der Waals surface area (Å²) in [5, 5.41) is 0. The molecular weight excluding hydrogens is 194 g/mol. The fraction of sp³-hybridized carbons (Fsp3) is 1.00. The lowest BCUT2D eigenvalue weighted by atomic mass is 10.3. The van der Waals surface area contributed by atoms with Gasteiger partial charge in [0, 0.05) is 19.6 Å². The van der Waals surface area contributed by atoms with Crippen LogP contribution in [-0.4, -0.2) is 54.7 Å². The van der Waals surface area contributed by atoms with Crippen molar-refractivity contribution in [2.45, 2.75) is 6.10 Å². The molecule has 5 nitrogen and oxygen atoms in total. The molecule has 0 aromatic heterocycles. The molecule has 76 valence electrons. The average Bonchev–Trinajstić information content (AvgIpc) is 2.53. The SMILES string of the molecule is O=S1OCC(CN2CCOCC2)O1. The summed E-state index contributed by atoms with van der Waals surface area (Å²) in [6.07, 6.45) is -0.0427. The van der Waals surface area contributed by atoms with Crippen molar-refractivity contribution >= 4 is 11.4 Å². The molecule has 2 heterocycles. The molecule has 0 bridgehead atoms. The molecule has 2 aliphatic heterocycles. The highest BCUT2D eigenvalue weighted by molar-refractivity contribution is 7.75. The smallest absolute Gasteiger partial charge is 0.305 e. The molecule has 2 unspecified atom stereocenters. The molecule has 0 N–H and O–H groups in total. The Morgan fingerprint density at radius 3 is 2.77 bits per heavy atom. The standard InChI is InChI=1S/C7H13NO4S/c9-13-11-6-7(12-13)5-8-1-3-10-4-2-8/h7H,1-6H2. The van der Waals surface area contributed by atoms with Crippen molar-refractivity contribution in [2.75, 3.05) is 39.5 Å². The number of ether oxygens (including phenoxy) is 1. The minimum atomic E-state index is -1.52. The van der Waals surface area contributed by atoms with Gasteiger partial charge in [-0.3, -0.25) is 13.3 Å². The molecule has 13 heavy (non-hydrogen) atoms. The van der Waals surface area contributed by atoms with Crippen molar-refractivity contribution in [1.82, 2.24) is 4.90 Å². The first-order valence-corrected chi connectivity index (χ1v) is 5.37. The van der Waals surface area contributed by atoms with Gasteiger partial charge in [-0.2, -0.15) is 4.21 Å². The zero-order valence-electron chi connectivity index (χ0n) is 7.31. The normalized spacial score (nSPS) is 36.6. The van der Waals surface area contributed by atoms with Gasteiger partial charge in [0.05, 0.1) is 19.8 Å². The molecule has 0 spiro atoms. The quantitative estimate of drug-likeness (QED) is 0.600. The monoisotopic (exact) mass is 207 g/mol. The number of morpholine rings is 1. The van der Waals surface area contributed by atoms with Gasteiger partial charge in [-0.1, -0.05) is 0 Å². The van der Waals surface area contributed by atoms with Crippen LogP contribution in [0.15, 0.2) is 0 Å². The van der Waals surface area contributed by atoms with Gasteiger partial charge in [0.25, 0.3) is 0 Å². The van der Waals surface area contributed by atoms with Crippen LogP contribution in [0, 0.1) is 0 Å². The summed E-state index contributed by atoms with van der Waals surface area (Å²) in [5.41, 5.74) is 0. The molecule has 0 radical (unpaired) electrons. The summed E-state index contributed by atoms with van der Waals surface area (Å²) in [4.78, 5) is 2.24. The number of nitrogens with zero attached hydrogens (tertiary/aromatic N) is 1. The van der Waals surface area contributed by atoms with Crippen LogP contribution in [-0.2, 0) is 24.5 Å². The van der Waals surface area contributed by atoms with Gasteiger partial charge >= 0.3 is 11.4 Å². The van der Waals surface area contributed by atoms with Crippen LogP contribution in [0.25, 0.3) is 0 Å². The molecule has 0 aromatic carbocycles. The summed E-state index contributed by atoms with van der Waals surface area (Å²) >= 11 is -1.52. The van der Waals surface area contributed by atoms with Gasteiger partial charge in [-0.05, 0) is 0 Å². The second-order valence-corrected chi connectivity index (χ2v) is 3.96. The lowest BCUT2D eigenvalue weighted by Crippen LogP contribution is -2.41. The summed E-state index contributed by atoms with van der Waals surface area (Å²) in [6.45, 7) is 4.62. The molecule has 2 fully saturated rings. The molecular formula is C7H13NO4S. The topological polar surface area (TPSA) is 48.0 Å². The Hall–Kier alpha value is -0.0100. The van der Waals surface area contributed by atoms with E-state index in [2.05, 4.69) is 4.90 Å². The molecule has 0 saturated carbocycles. The Morgan fingerprint density at radius 1 is 1.38 bits per heavy atom. The second-order valence-electron chi connectivity index (χ2n) is 3.12. The predicted molar refractivity (Wildman–Crippen MR) is 46.2 cm³/mol. The van der Waals surface area contributed by atoms with E-state index in [0.717, 1.165) is 32.8 Å². The minimum absolute atomic E-state index is 0.0427. The minimum Gasteiger partial charge on any atom is -0.379 e. The van der Waals surface area contributed by atoms with Crippen molar-refractivity contribution in [3.63, 3.8) is 0 Å². The fourth-order valence-electron chi connectivity index (χ4n) is 1.45. The zero-order chi connectivity index (χ0) is 9.10. The molecule has 0 amide bonds. The third-order valence-corrected chi connectivity index (χ3v) is 2.89. The lowest BCUT2D eigenvalue weighted by molar-refractivity contribution is 0.0225. The Labute approximate surface area is 79.8 Å². The third-order valence-electron chi connectivity index (χ3n) is 2.13. The highest BCUT2D eigenvalue weighted by atomic mass is 32.2. The van der Waals surface area contributed by atoms with Gasteiger partial charge in [0.1, 0.15) is 6.10 Å². The number of hydrogen-bond donors (Lipinski definition) is 0. The third kappa shape index (κ3) is 2.72. The fourth-order valence-corrected chi connectivity index (χ4v) is 2.11. The highest BCUT2D eigenvalue weighted by Crippen LogP contribution is 2.10. The summed E-state index contributed by atoms with van der Waals surface area (Å²) in [5.74, 6) is 0. The summed E-state index contributed by atoms with van der Waals surface area (Å²) < 4.78 is 25.8. The van der Waals surface area contributed by atoms with Crippen LogP contribution in [0.4, 0.5) is 0 Å². The average molecular weight is 207 g/mol. The van der Waals surface area contributed by atoms with Gasteiger partial charge in [-0.15, -0.1) is 0 Å². The first-order chi connectivity index (χ1) is 6.34. The van der Waals surface area contributed by atoms with E-state index in [4.69, 9.17) is 13.1 Å². The van der Waals surface area contributed by atoms with E-state index in [9.17, 15) is 4.21 Å². The summed E-state index contributed by atoms with van der Waals surface area (Å²) in [7, 11) is 0. The van der Waals surface area contributed by atoms with Crippen molar-refractivity contribution in [3.05, 3.63) is 0 Å². The summed E-state index contributed by atoms with van der Waals surface area (Å²) in [6, 6.07) is 0. The number of hydrogen-bond acceptors (Lipinski definition) is 5. The van der Waals surface area contributed by atoms with Crippen molar-refractivity contribution in [3.8, 4) is 0 Å². The Balaban J connectivity index is 1.73. The van der Waals surface area contributed by atoms with Gasteiger partial charge < -0.3 is 4.74 Å². The van der Waals surface area contributed by atoms with E-state index >= 15 is 0 Å². The van der Waals surface area contributed by atoms with Gasteiger partial charge in [0.15, 0.2) is 0 Å². The molecule has 2 rings (SSSR count). The van der Waals surface area contributed by atoms with Crippen LogP contribution in [0.3, 0.4) is 0 Å². The number of rotatable bonds is 2. The first kappa shape index (κ1) is 9.54. The maximum absolute atomic E-state index is 10.7. The molecule has 6 heteroatoms. The van der Waals surface area contributed by atoms with Crippen LogP contribution in [0.5, 0.6) is 0 Å². The lowest BCUT2D eigenvalue weighted by Gasteiger charge is -2.27. The second kappa shape index (κ2) is 4.47. The largest absolute Gasteiger partial charge is 0.379 e. The first-order valence-electron chi connectivity index (χ1n) is 4.37. The van der Waals surface area contributed by atoms with Gasteiger partial charge in [-0.25, -0.2) is 0 Å². The van der Waals surface area contributed by atoms with Crippen LogP contribution in [0.1, 0.15) is 0 Å². The van der Waals surface area contributed by atoms with E-state index in [1.807, 2.05) is 0 Å². The van der Waals surface area contributed by atoms with Crippen molar-refractivity contribution < 1.29 is 17.3 Å². The maximum Gasteiger partial charge on any atom is 0.305 e. The molecule has 2 atom stereocenters. The van der Waals surface area contributed by atoms with Crippen LogP contribution >= 0.6 is 0 Å². The van der Waals surface area contributed by atoms with Crippen molar-refractivity contribution in [2.24, 2.45) is 0 Å². The van der Waals surface area contributed by atoms with Crippen molar-refractivity contribution in [1.29, 1.82) is 0 Å². The predicted octanol–water partition coefficient (Wildman–Crippen LogP) is -0.687. The van der Waals surface area contributed by atoms with Crippen LogP contribution < -0.4 is 0 Å². The molecule has 2 aliphatic rings. The van der Waals surface area contributed by atoms with E-state index in [-0.39, 0.29) is 6.10 Å². The van der Waals surface area contributed by atoms with Gasteiger partial charge in [0.2, 0.25) is 0 Å². The highest BCUT2D eigenvalue weighted by Gasteiger charge is 2.26. The van der Waals surface area contributed by atoms with E-state index in [0.29, 0.717) is 6.61 Å².